The fourth-order valence-electron chi connectivity index (χ4n) is 1.85. The Balaban J connectivity index is 2.00. The van der Waals surface area contributed by atoms with E-state index in [4.69, 9.17) is 5.73 Å². The molecule has 0 spiro atoms. The van der Waals surface area contributed by atoms with E-state index in [1.54, 1.807) is 13.0 Å². The zero-order valence-corrected chi connectivity index (χ0v) is 13.8. The molecule has 9 heteroatoms. The highest BCUT2D eigenvalue weighted by Gasteiger charge is 2.17. The maximum absolute atomic E-state index is 12.3. The SMILES string of the molecule is Cc1cc(Br)c(N)cc1S(=O)(=O)NCCCc1ncn[nH]1. The molecule has 0 saturated heterocycles. The third-order valence-electron chi connectivity index (χ3n) is 2.93. The minimum absolute atomic E-state index is 0.197. The molecular weight excluding hydrogens is 358 g/mol. The van der Waals surface area contributed by atoms with Gasteiger partial charge in [-0.2, -0.15) is 5.10 Å². The summed E-state index contributed by atoms with van der Waals surface area (Å²) in [5, 5.41) is 6.46. The summed E-state index contributed by atoms with van der Waals surface area (Å²) in [4.78, 5) is 4.18. The van der Waals surface area contributed by atoms with E-state index in [0.717, 1.165) is 5.82 Å². The molecule has 2 rings (SSSR count). The van der Waals surface area contributed by atoms with Crippen LogP contribution in [0.25, 0.3) is 0 Å². The normalized spacial score (nSPS) is 11.7. The monoisotopic (exact) mass is 373 g/mol. The van der Waals surface area contributed by atoms with Crippen molar-refractivity contribution in [2.45, 2.75) is 24.7 Å². The topological polar surface area (TPSA) is 114 Å². The number of hydrogen-bond acceptors (Lipinski definition) is 5. The maximum atomic E-state index is 12.3. The predicted octanol–water partition coefficient (Wildman–Crippen LogP) is 1.37. The summed E-state index contributed by atoms with van der Waals surface area (Å²) in [6.07, 6.45) is 2.68. The molecule has 0 fully saturated rings. The van der Waals surface area contributed by atoms with Crippen molar-refractivity contribution >= 4 is 31.6 Å². The van der Waals surface area contributed by atoms with Crippen molar-refractivity contribution in [1.29, 1.82) is 0 Å². The van der Waals surface area contributed by atoms with E-state index in [1.165, 1.54) is 12.4 Å². The van der Waals surface area contributed by atoms with Crippen LogP contribution in [0.4, 0.5) is 5.69 Å². The number of halogens is 1. The van der Waals surface area contributed by atoms with Gasteiger partial charge in [-0.15, -0.1) is 0 Å². The second kappa shape index (κ2) is 6.54. The Kier molecular flexibility index (Phi) is 4.96. The van der Waals surface area contributed by atoms with Crippen LogP contribution in [-0.2, 0) is 16.4 Å². The van der Waals surface area contributed by atoms with Gasteiger partial charge in [-0.25, -0.2) is 18.1 Å². The average molecular weight is 374 g/mol. The van der Waals surface area contributed by atoms with Crippen molar-refractivity contribution in [3.63, 3.8) is 0 Å². The second-order valence-electron chi connectivity index (χ2n) is 4.57. The third-order valence-corrected chi connectivity index (χ3v) is 5.22. The highest BCUT2D eigenvalue weighted by molar-refractivity contribution is 9.10. The van der Waals surface area contributed by atoms with E-state index in [1.807, 2.05) is 0 Å². The van der Waals surface area contributed by atoms with Crippen LogP contribution < -0.4 is 10.5 Å². The minimum Gasteiger partial charge on any atom is -0.398 e. The van der Waals surface area contributed by atoms with E-state index in [0.29, 0.717) is 35.1 Å². The van der Waals surface area contributed by atoms with Crippen LogP contribution >= 0.6 is 15.9 Å². The van der Waals surface area contributed by atoms with Crippen molar-refractivity contribution in [3.8, 4) is 0 Å². The zero-order chi connectivity index (χ0) is 15.5. The van der Waals surface area contributed by atoms with Crippen LogP contribution in [-0.4, -0.2) is 30.1 Å². The molecule has 0 aliphatic rings. The Morgan fingerprint density at radius 3 is 2.86 bits per heavy atom. The smallest absolute Gasteiger partial charge is 0.240 e. The molecule has 21 heavy (non-hydrogen) atoms. The van der Waals surface area contributed by atoms with Crippen LogP contribution in [0.15, 0.2) is 27.8 Å². The Morgan fingerprint density at radius 2 is 2.19 bits per heavy atom. The van der Waals surface area contributed by atoms with Gasteiger partial charge >= 0.3 is 0 Å². The van der Waals surface area contributed by atoms with Crippen molar-refractivity contribution < 1.29 is 8.42 Å². The molecule has 0 amide bonds. The Bertz CT molecular complexity index is 715. The standard InChI is InChI=1S/C12H16BrN5O2S/c1-8-5-9(13)10(14)6-11(8)21(19,20)17-4-2-3-12-15-7-16-18-12/h5-7,17H,2-4,14H2,1H3,(H,15,16,18). The molecular formula is C12H16BrN5O2S. The number of aromatic nitrogens is 3. The zero-order valence-electron chi connectivity index (χ0n) is 11.4. The molecule has 0 aliphatic carbocycles. The van der Waals surface area contributed by atoms with Gasteiger partial charge in [0, 0.05) is 23.1 Å². The van der Waals surface area contributed by atoms with Crippen molar-refractivity contribution in [2.75, 3.05) is 12.3 Å². The van der Waals surface area contributed by atoms with Gasteiger partial charge in [0.25, 0.3) is 0 Å². The van der Waals surface area contributed by atoms with E-state index in [-0.39, 0.29) is 4.90 Å². The third kappa shape index (κ3) is 4.02. The number of aryl methyl sites for hydroxylation is 2. The fraction of sp³-hybridized carbons (Fsp3) is 0.333. The summed E-state index contributed by atoms with van der Waals surface area (Å²) < 4.78 is 27.8. The molecule has 0 atom stereocenters. The summed E-state index contributed by atoms with van der Waals surface area (Å²) >= 11 is 3.28. The number of sulfonamides is 1. The number of nitrogen functional groups attached to an aromatic ring is 1. The molecule has 1 aromatic carbocycles. The summed E-state index contributed by atoms with van der Waals surface area (Å²) in [6.45, 7) is 2.05. The first-order valence-electron chi connectivity index (χ1n) is 6.29. The number of hydrogen-bond donors (Lipinski definition) is 3. The molecule has 0 aliphatic heterocycles. The van der Waals surface area contributed by atoms with Gasteiger partial charge in [-0.05, 0) is 47.0 Å². The van der Waals surface area contributed by atoms with Crippen LogP contribution in [0.1, 0.15) is 17.8 Å². The summed E-state index contributed by atoms with van der Waals surface area (Å²) in [6, 6.07) is 3.15. The highest BCUT2D eigenvalue weighted by Crippen LogP contribution is 2.26. The number of anilines is 1. The second-order valence-corrected chi connectivity index (χ2v) is 7.16. The Hall–Kier alpha value is -1.45. The minimum atomic E-state index is -3.57. The quantitative estimate of drug-likeness (QED) is 0.522. The van der Waals surface area contributed by atoms with E-state index >= 15 is 0 Å². The number of rotatable bonds is 6. The first-order valence-corrected chi connectivity index (χ1v) is 8.57. The van der Waals surface area contributed by atoms with Crippen LogP contribution in [0.2, 0.25) is 0 Å². The molecule has 2 aromatic rings. The fourth-order valence-corrected chi connectivity index (χ4v) is 3.64. The van der Waals surface area contributed by atoms with Gasteiger partial charge in [0.05, 0.1) is 4.90 Å². The molecule has 0 radical (unpaired) electrons. The number of benzene rings is 1. The Morgan fingerprint density at radius 1 is 1.43 bits per heavy atom. The van der Waals surface area contributed by atoms with Crippen LogP contribution in [0, 0.1) is 6.92 Å². The largest absolute Gasteiger partial charge is 0.398 e. The lowest BCUT2D eigenvalue weighted by atomic mass is 10.2. The lowest BCUT2D eigenvalue weighted by Gasteiger charge is -2.11. The van der Waals surface area contributed by atoms with Crippen molar-refractivity contribution in [2.24, 2.45) is 0 Å². The molecule has 1 aromatic heterocycles. The van der Waals surface area contributed by atoms with Gasteiger partial charge in [-0.1, -0.05) is 0 Å². The van der Waals surface area contributed by atoms with Gasteiger partial charge in [0.1, 0.15) is 12.2 Å². The molecule has 114 valence electrons. The number of aromatic amines is 1. The van der Waals surface area contributed by atoms with Crippen LogP contribution in [0.5, 0.6) is 0 Å². The first kappa shape index (κ1) is 15.9. The van der Waals surface area contributed by atoms with Gasteiger partial charge in [0.2, 0.25) is 10.0 Å². The Labute approximate surface area is 131 Å². The van der Waals surface area contributed by atoms with Crippen molar-refractivity contribution in [1.82, 2.24) is 19.9 Å². The van der Waals surface area contributed by atoms with Crippen LogP contribution in [0.3, 0.4) is 0 Å². The average Bonchev–Trinajstić information content (AvgIpc) is 2.92. The number of nitrogens with two attached hydrogens (primary N) is 1. The van der Waals surface area contributed by atoms with Gasteiger partial charge < -0.3 is 5.73 Å². The summed E-state index contributed by atoms with van der Waals surface area (Å²) in [7, 11) is -3.57. The maximum Gasteiger partial charge on any atom is 0.240 e. The van der Waals surface area contributed by atoms with Gasteiger partial charge in [-0.3, -0.25) is 5.10 Å². The first-order chi connectivity index (χ1) is 9.90. The predicted molar refractivity (Wildman–Crippen MR) is 83.2 cm³/mol. The van der Waals surface area contributed by atoms with E-state index in [2.05, 4.69) is 35.8 Å². The molecule has 0 saturated carbocycles. The molecule has 1 heterocycles. The number of nitrogens with zero attached hydrogens (tertiary/aromatic N) is 2. The van der Waals surface area contributed by atoms with Gasteiger partial charge in [0.15, 0.2) is 0 Å². The molecule has 0 bridgehead atoms. The van der Waals surface area contributed by atoms with E-state index < -0.39 is 10.0 Å². The molecule has 0 unspecified atom stereocenters. The van der Waals surface area contributed by atoms with E-state index in [9.17, 15) is 8.42 Å². The lowest BCUT2D eigenvalue weighted by molar-refractivity contribution is 0.577. The number of H-pyrrole nitrogens is 1. The summed E-state index contributed by atoms with van der Waals surface area (Å²) in [5.74, 6) is 0.735. The molecule has 7 nitrogen and oxygen atoms in total. The van der Waals surface area contributed by atoms with Crippen molar-refractivity contribution in [3.05, 3.63) is 34.3 Å². The molecule has 4 N–H and O–H groups in total. The highest BCUT2D eigenvalue weighted by atomic mass is 79.9. The number of nitrogens with one attached hydrogen (secondary N) is 2. The summed E-state index contributed by atoms with van der Waals surface area (Å²) in [5.41, 5.74) is 6.78. The lowest BCUT2D eigenvalue weighted by Crippen LogP contribution is -2.26.